The van der Waals surface area contributed by atoms with Gasteiger partial charge in [-0.25, -0.2) is 0 Å². The van der Waals surface area contributed by atoms with Gasteiger partial charge in [0, 0.05) is 31.8 Å². The molecule has 2 fully saturated rings. The average Bonchev–Trinajstić information content (AvgIpc) is 2.63. The normalized spacial score (nSPS) is 22.0. The van der Waals surface area contributed by atoms with Crippen LogP contribution >= 0.6 is 0 Å². The Bertz CT molecular complexity index is 550. The maximum Gasteiger partial charge on any atom is 0.416 e. The van der Waals surface area contributed by atoms with Gasteiger partial charge in [-0.1, -0.05) is 24.6 Å². The van der Waals surface area contributed by atoms with Crippen LogP contribution in [0.25, 0.3) is 0 Å². The Morgan fingerprint density at radius 3 is 2.40 bits per heavy atom. The van der Waals surface area contributed by atoms with E-state index >= 15 is 0 Å². The van der Waals surface area contributed by atoms with Gasteiger partial charge in [-0.05, 0) is 50.4 Å². The largest absolute Gasteiger partial charge is 0.416 e. The number of ether oxygens (including phenoxy) is 1. The quantitative estimate of drug-likeness (QED) is 0.868. The molecule has 0 spiro atoms. The Balaban J connectivity index is 1.66. The van der Waals surface area contributed by atoms with Crippen LogP contribution in [0, 0.1) is 0 Å². The fourth-order valence-corrected chi connectivity index (χ4v) is 4.11. The zero-order chi connectivity index (χ0) is 17.8. The van der Waals surface area contributed by atoms with Crippen LogP contribution in [-0.4, -0.2) is 43.3 Å². The highest BCUT2D eigenvalue weighted by Gasteiger charge is 2.39. The van der Waals surface area contributed by atoms with Crippen molar-refractivity contribution in [1.29, 1.82) is 0 Å². The van der Waals surface area contributed by atoms with E-state index in [1.54, 1.807) is 12.1 Å². The molecule has 1 N–H and O–H groups in total. The van der Waals surface area contributed by atoms with Gasteiger partial charge in [-0.2, -0.15) is 13.2 Å². The Kier molecular flexibility index (Phi) is 6.02. The minimum absolute atomic E-state index is 0.0197. The van der Waals surface area contributed by atoms with Crippen molar-refractivity contribution in [1.82, 2.24) is 10.2 Å². The molecular weight excluding hydrogens is 329 g/mol. The van der Waals surface area contributed by atoms with E-state index in [-0.39, 0.29) is 12.1 Å². The third kappa shape index (κ3) is 4.54. The molecule has 0 amide bonds. The zero-order valence-corrected chi connectivity index (χ0v) is 14.6. The van der Waals surface area contributed by atoms with E-state index in [0.717, 1.165) is 45.2 Å². The van der Waals surface area contributed by atoms with Crippen molar-refractivity contribution in [3.8, 4) is 0 Å². The second-order valence-corrected chi connectivity index (χ2v) is 7.14. The van der Waals surface area contributed by atoms with Gasteiger partial charge in [-0.3, -0.25) is 4.90 Å². The van der Waals surface area contributed by atoms with Crippen molar-refractivity contribution in [2.75, 3.05) is 32.8 Å². The Morgan fingerprint density at radius 1 is 1.04 bits per heavy atom. The molecule has 1 aromatic rings. The van der Waals surface area contributed by atoms with Crippen LogP contribution in [0.1, 0.15) is 43.2 Å². The van der Waals surface area contributed by atoms with E-state index in [1.807, 2.05) is 0 Å². The first-order valence-corrected chi connectivity index (χ1v) is 9.20. The van der Waals surface area contributed by atoms with Gasteiger partial charge in [0.25, 0.3) is 0 Å². The molecule has 3 nitrogen and oxygen atoms in total. The van der Waals surface area contributed by atoms with Crippen LogP contribution in [0.4, 0.5) is 13.2 Å². The molecule has 2 heterocycles. The summed E-state index contributed by atoms with van der Waals surface area (Å²) in [5.41, 5.74) is -0.205. The molecule has 0 unspecified atom stereocenters. The summed E-state index contributed by atoms with van der Waals surface area (Å²) in [6, 6.07) is 5.83. The number of benzene rings is 1. The Hall–Kier alpha value is -1.11. The van der Waals surface area contributed by atoms with Crippen LogP contribution in [-0.2, 0) is 17.5 Å². The number of likely N-dealkylation sites (tertiary alicyclic amines) is 1. The summed E-state index contributed by atoms with van der Waals surface area (Å²) in [4.78, 5) is 2.54. The molecule has 3 rings (SSSR count). The number of hydrogen-bond acceptors (Lipinski definition) is 3. The van der Waals surface area contributed by atoms with Crippen molar-refractivity contribution < 1.29 is 17.9 Å². The van der Waals surface area contributed by atoms with Gasteiger partial charge in [0.15, 0.2) is 0 Å². The van der Waals surface area contributed by atoms with Crippen LogP contribution in [0.5, 0.6) is 0 Å². The molecule has 1 aromatic carbocycles. The first-order valence-electron chi connectivity index (χ1n) is 9.20. The number of nitrogens with one attached hydrogen (secondary N) is 1. The van der Waals surface area contributed by atoms with Crippen LogP contribution in [0.3, 0.4) is 0 Å². The molecule has 2 saturated heterocycles. The predicted octanol–water partition coefficient (Wildman–Crippen LogP) is 3.83. The minimum Gasteiger partial charge on any atom is -0.381 e. The molecule has 0 aromatic heterocycles. The van der Waals surface area contributed by atoms with Crippen molar-refractivity contribution in [2.45, 2.75) is 50.4 Å². The molecule has 25 heavy (non-hydrogen) atoms. The van der Waals surface area contributed by atoms with Crippen LogP contribution in [0.15, 0.2) is 24.3 Å². The summed E-state index contributed by atoms with van der Waals surface area (Å²) in [7, 11) is 0. The number of halogens is 3. The van der Waals surface area contributed by atoms with Crippen molar-refractivity contribution in [3.63, 3.8) is 0 Å². The lowest BCUT2D eigenvalue weighted by molar-refractivity contribution is -0.138. The maximum atomic E-state index is 13.1. The first kappa shape index (κ1) is 18.7. The summed E-state index contributed by atoms with van der Waals surface area (Å²) >= 11 is 0. The average molecular weight is 356 g/mol. The van der Waals surface area contributed by atoms with Crippen LogP contribution in [0.2, 0.25) is 0 Å². The monoisotopic (exact) mass is 356 g/mol. The number of rotatable bonds is 5. The third-order valence-electron chi connectivity index (χ3n) is 5.54. The fourth-order valence-electron chi connectivity index (χ4n) is 4.11. The van der Waals surface area contributed by atoms with E-state index in [1.165, 1.54) is 25.3 Å². The standard InChI is InChI=1S/C19H27F3N2O/c20-19(21,22)17-7-3-2-6-16(17)14-23-15-18(8-12-25-13-9-18)24-10-4-1-5-11-24/h2-3,6-7,23H,1,4-5,8-15H2. The number of hydrogen-bond donors (Lipinski definition) is 1. The number of piperidine rings is 1. The fraction of sp³-hybridized carbons (Fsp3) is 0.684. The SMILES string of the molecule is FC(F)(F)c1ccccc1CNCC1(N2CCCCC2)CCOCC1. The molecule has 0 radical (unpaired) electrons. The van der Waals surface area contributed by atoms with E-state index in [0.29, 0.717) is 12.1 Å². The molecular formula is C19H27F3N2O. The van der Waals surface area contributed by atoms with Gasteiger partial charge in [-0.15, -0.1) is 0 Å². The lowest BCUT2D eigenvalue weighted by Crippen LogP contribution is -2.59. The molecule has 0 atom stereocenters. The van der Waals surface area contributed by atoms with Crippen molar-refractivity contribution in [3.05, 3.63) is 35.4 Å². The summed E-state index contributed by atoms with van der Waals surface area (Å²) in [6.07, 6.45) is 1.28. The molecule has 6 heteroatoms. The lowest BCUT2D eigenvalue weighted by atomic mass is 9.86. The van der Waals surface area contributed by atoms with Crippen LogP contribution < -0.4 is 5.32 Å². The summed E-state index contributed by atoms with van der Waals surface area (Å²) < 4.78 is 45.0. The molecule has 140 valence electrons. The zero-order valence-electron chi connectivity index (χ0n) is 14.6. The van der Waals surface area contributed by atoms with E-state index in [4.69, 9.17) is 4.74 Å². The smallest absolute Gasteiger partial charge is 0.381 e. The molecule has 0 bridgehead atoms. The highest BCUT2D eigenvalue weighted by atomic mass is 19.4. The van der Waals surface area contributed by atoms with E-state index in [9.17, 15) is 13.2 Å². The first-order chi connectivity index (χ1) is 12.0. The van der Waals surface area contributed by atoms with Gasteiger partial charge < -0.3 is 10.1 Å². The minimum atomic E-state index is -4.30. The second-order valence-electron chi connectivity index (χ2n) is 7.14. The Labute approximate surface area is 147 Å². The highest BCUT2D eigenvalue weighted by Crippen LogP contribution is 2.33. The van der Waals surface area contributed by atoms with E-state index in [2.05, 4.69) is 10.2 Å². The molecule has 2 aliphatic heterocycles. The molecule has 2 aliphatic rings. The maximum absolute atomic E-state index is 13.1. The second kappa shape index (κ2) is 8.06. The molecule has 0 aliphatic carbocycles. The number of alkyl halides is 3. The highest BCUT2D eigenvalue weighted by molar-refractivity contribution is 5.29. The Morgan fingerprint density at radius 2 is 1.72 bits per heavy atom. The summed E-state index contributed by atoms with van der Waals surface area (Å²) in [5.74, 6) is 0. The van der Waals surface area contributed by atoms with Gasteiger partial charge in [0.2, 0.25) is 0 Å². The van der Waals surface area contributed by atoms with Crippen molar-refractivity contribution >= 4 is 0 Å². The van der Waals surface area contributed by atoms with Gasteiger partial charge in [0.05, 0.1) is 5.56 Å². The van der Waals surface area contributed by atoms with Gasteiger partial charge >= 0.3 is 6.18 Å². The van der Waals surface area contributed by atoms with E-state index < -0.39 is 11.7 Å². The topological polar surface area (TPSA) is 24.5 Å². The lowest BCUT2D eigenvalue weighted by Gasteiger charge is -2.48. The third-order valence-corrected chi connectivity index (χ3v) is 5.54. The van der Waals surface area contributed by atoms with Gasteiger partial charge in [0.1, 0.15) is 0 Å². The predicted molar refractivity (Wildman–Crippen MR) is 91.4 cm³/mol. The summed E-state index contributed by atoms with van der Waals surface area (Å²) in [5, 5.41) is 3.32. The molecule has 0 saturated carbocycles. The number of nitrogens with zero attached hydrogens (tertiary/aromatic N) is 1. The summed E-state index contributed by atoms with van der Waals surface area (Å²) in [6.45, 7) is 4.59. The van der Waals surface area contributed by atoms with Crippen molar-refractivity contribution in [2.24, 2.45) is 0 Å².